The molecule has 2 rings (SSSR count). The molecule has 128 valence electrons. The van der Waals surface area contributed by atoms with E-state index in [-0.39, 0.29) is 18.3 Å². The van der Waals surface area contributed by atoms with Crippen molar-refractivity contribution in [1.82, 2.24) is 9.62 Å². The fraction of sp³-hybridized carbons (Fsp3) is 0.500. The van der Waals surface area contributed by atoms with Crippen molar-refractivity contribution < 1.29 is 22.0 Å². The van der Waals surface area contributed by atoms with Crippen LogP contribution in [0.1, 0.15) is 12.8 Å². The van der Waals surface area contributed by atoms with Gasteiger partial charge in [0.15, 0.2) is 0 Å². The molecule has 1 heterocycles. The van der Waals surface area contributed by atoms with E-state index in [0.29, 0.717) is 25.9 Å². The van der Waals surface area contributed by atoms with E-state index < -0.39 is 27.6 Å². The lowest BCUT2D eigenvalue weighted by atomic mass is 10.1. The Labute approximate surface area is 133 Å². The van der Waals surface area contributed by atoms with Crippen LogP contribution in [-0.2, 0) is 14.8 Å². The van der Waals surface area contributed by atoms with E-state index in [4.69, 9.17) is 0 Å². The van der Waals surface area contributed by atoms with Crippen molar-refractivity contribution in [2.24, 2.45) is 0 Å². The third kappa shape index (κ3) is 5.85. The van der Waals surface area contributed by atoms with E-state index in [1.165, 1.54) is 0 Å². The average Bonchev–Trinajstić information content (AvgIpc) is 2.43. The molecule has 1 fully saturated rings. The molecule has 0 bridgehead atoms. The number of anilines is 1. The van der Waals surface area contributed by atoms with Crippen LogP contribution in [-0.4, -0.2) is 51.2 Å². The highest BCUT2D eigenvalue weighted by Gasteiger charge is 2.23. The van der Waals surface area contributed by atoms with Gasteiger partial charge in [0.05, 0.1) is 18.5 Å². The van der Waals surface area contributed by atoms with Gasteiger partial charge in [-0.2, -0.15) is 0 Å². The predicted octanol–water partition coefficient (Wildman–Crippen LogP) is 0.917. The van der Waals surface area contributed by atoms with Crippen LogP contribution in [0.25, 0.3) is 0 Å². The smallest absolute Gasteiger partial charge is 0.238 e. The van der Waals surface area contributed by atoms with Gasteiger partial charge < -0.3 is 5.32 Å². The molecule has 1 aliphatic rings. The van der Waals surface area contributed by atoms with Gasteiger partial charge in [-0.1, -0.05) is 0 Å². The lowest BCUT2D eigenvalue weighted by molar-refractivity contribution is -0.117. The largest absolute Gasteiger partial charge is 0.322 e. The highest BCUT2D eigenvalue weighted by molar-refractivity contribution is 7.88. The van der Waals surface area contributed by atoms with E-state index in [0.717, 1.165) is 24.5 Å². The molecule has 0 unspecified atom stereocenters. The first kappa shape index (κ1) is 17.8. The number of likely N-dealkylation sites (tertiary alicyclic amines) is 1. The van der Waals surface area contributed by atoms with Crippen molar-refractivity contribution in [3.63, 3.8) is 0 Å². The van der Waals surface area contributed by atoms with E-state index in [1.807, 2.05) is 4.90 Å². The van der Waals surface area contributed by atoms with Crippen molar-refractivity contribution in [2.75, 3.05) is 31.2 Å². The van der Waals surface area contributed by atoms with Crippen molar-refractivity contribution in [2.45, 2.75) is 18.9 Å². The minimum absolute atomic E-state index is 0.0432. The van der Waals surface area contributed by atoms with Gasteiger partial charge in [0.1, 0.15) is 11.6 Å². The van der Waals surface area contributed by atoms with Gasteiger partial charge in [-0.05, 0) is 25.0 Å². The summed E-state index contributed by atoms with van der Waals surface area (Å²) in [5.74, 6) is -1.77. The van der Waals surface area contributed by atoms with Crippen LogP contribution in [0.5, 0.6) is 0 Å². The Morgan fingerprint density at radius 3 is 2.57 bits per heavy atom. The number of hydrogen-bond donors (Lipinski definition) is 2. The van der Waals surface area contributed by atoms with Gasteiger partial charge >= 0.3 is 0 Å². The number of carbonyl (C=O) groups is 1. The summed E-state index contributed by atoms with van der Waals surface area (Å²) in [7, 11) is -3.24. The molecule has 0 aliphatic carbocycles. The van der Waals surface area contributed by atoms with E-state index >= 15 is 0 Å². The zero-order chi connectivity index (χ0) is 17.0. The van der Waals surface area contributed by atoms with Crippen molar-refractivity contribution in [3.05, 3.63) is 29.8 Å². The minimum Gasteiger partial charge on any atom is -0.322 e. The summed E-state index contributed by atoms with van der Waals surface area (Å²) in [6.07, 6.45) is 2.30. The fourth-order valence-electron chi connectivity index (χ4n) is 2.50. The van der Waals surface area contributed by atoms with Gasteiger partial charge in [-0.25, -0.2) is 21.9 Å². The molecule has 0 spiro atoms. The Kier molecular flexibility index (Phi) is 5.66. The molecule has 2 N–H and O–H groups in total. The molecule has 0 aromatic heterocycles. The summed E-state index contributed by atoms with van der Waals surface area (Å²) in [5, 5.41) is 2.34. The van der Waals surface area contributed by atoms with Crippen molar-refractivity contribution in [3.8, 4) is 0 Å². The standard InChI is InChI=1S/C14H19F2N3O3S/c1-23(21,22)18-11-4-6-19(7-5-11)9-14(20)17-13-8-10(15)2-3-12(13)16/h2-3,8,11,18H,4-7,9H2,1H3,(H,17,20). The van der Waals surface area contributed by atoms with Crippen LogP contribution >= 0.6 is 0 Å². The molecule has 1 aliphatic heterocycles. The summed E-state index contributed by atoms with van der Waals surface area (Å²) < 4.78 is 51.4. The van der Waals surface area contributed by atoms with Crippen LogP contribution in [0.15, 0.2) is 18.2 Å². The fourth-order valence-corrected chi connectivity index (χ4v) is 3.34. The molecular weight excluding hydrogens is 328 g/mol. The molecule has 0 saturated carbocycles. The molecule has 0 atom stereocenters. The monoisotopic (exact) mass is 347 g/mol. The lowest BCUT2D eigenvalue weighted by Gasteiger charge is -2.31. The van der Waals surface area contributed by atoms with Crippen LogP contribution in [0.4, 0.5) is 14.5 Å². The summed E-state index contributed by atoms with van der Waals surface area (Å²) >= 11 is 0. The summed E-state index contributed by atoms with van der Waals surface area (Å²) in [6, 6.07) is 2.72. The first-order valence-corrected chi connectivity index (χ1v) is 9.06. The average molecular weight is 347 g/mol. The lowest BCUT2D eigenvalue weighted by Crippen LogP contribution is -2.46. The molecular formula is C14H19F2N3O3S. The van der Waals surface area contributed by atoms with Crippen LogP contribution in [0, 0.1) is 11.6 Å². The number of benzene rings is 1. The molecule has 23 heavy (non-hydrogen) atoms. The Balaban J connectivity index is 1.82. The third-order valence-electron chi connectivity index (χ3n) is 3.54. The molecule has 1 amide bonds. The number of nitrogens with one attached hydrogen (secondary N) is 2. The summed E-state index contributed by atoms with van der Waals surface area (Å²) in [4.78, 5) is 13.7. The molecule has 0 radical (unpaired) electrons. The Morgan fingerprint density at radius 2 is 1.96 bits per heavy atom. The predicted molar refractivity (Wildman–Crippen MR) is 82.4 cm³/mol. The Morgan fingerprint density at radius 1 is 1.30 bits per heavy atom. The number of nitrogens with zero attached hydrogens (tertiary/aromatic N) is 1. The molecule has 9 heteroatoms. The normalized spacial score (nSPS) is 17.2. The highest BCUT2D eigenvalue weighted by atomic mass is 32.2. The quantitative estimate of drug-likeness (QED) is 0.830. The minimum atomic E-state index is -3.24. The zero-order valence-corrected chi connectivity index (χ0v) is 13.5. The number of halogens is 2. The summed E-state index contributed by atoms with van der Waals surface area (Å²) in [6.45, 7) is 1.14. The van der Waals surface area contributed by atoms with Gasteiger partial charge in [0.2, 0.25) is 15.9 Å². The number of rotatable bonds is 5. The molecule has 1 aromatic rings. The maximum Gasteiger partial charge on any atom is 0.238 e. The Bertz CT molecular complexity index is 674. The van der Waals surface area contributed by atoms with Gasteiger partial charge in [0.25, 0.3) is 0 Å². The second-order valence-electron chi connectivity index (χ2n) is 5.61. The third-order valence-corrected chi connectivity index (χ3v) is 4.30. The van der Waals surface area contributed by atoms with Gasteiger partial charge in [0, 0.05) is 25.2 Å². The zero-order valence-electron chi connectivity index (χ0n) is 12.7. The maximum absolute atomic E-state index is 13.5. The number of amides is 1. The van der Waals surface area contributed by atoms with Crippen molar-refractivity contribution >= 4 is 21.6 Å². The van der Waals surface area contributed by atoms with Crippen LogP contribution < -0.4 is 10.0 Å². The number of hydrogen-bond acceptors (Lipinski definition) is 4. The molecule has 6 nitrogen and oxygen atoms in total. The van der Waals surface area contributed by atoms with Gasteiger partial charge in [-0.15, -0.1) is 0 Å². The van der Waals surface area contributed by atoms with Gasteiger partial charge in [-0.3, -0.25) is 9.69 Å². The van der Waals surface area contributed by atoms with E-state index in [1.54, 1.807) is 0 Å². The maximum atomic E-state index is 13.5. The molecule has 1 saturated heterocycles. The number of sulfonamides is 1. The second kappa shape index (κ2) is 7.33. The number of piperidine rings is 1. The topological polar surface area (TPSA) is 78.5 Å². The Hall–Kier alpha value is -1.58. The second-order valence-corrected chi connectivity index (χ2v) is 7.39. The van der Waals surface area contributed by atoms with E-state index in [9.17, 15) is 22.0 Å². The first-order chi connectivity index (χ1) is 10.7. The highest BCUT2D eigenvalue weighted by Crippen LogP contribution is 2.16. The SMILES string of the molecule is CS(=O)(=O)NC1CCN(CC(=O)Nc2cc(F)ccc2F)CC1. The summed E-state index contributed by atoms with van der Waals surface area (Å²) in [5.41, 5.74) is -0.191. The van der Waals surface area contributed by atoms with Crippen LogP contribution in [0.2, 0.25) is 0 Å². The van der Waals surface area contributed by atoms with Crippen molar-refractivity contribution in [1.29, 1.82) is 0 Å². The van der Waals surface area contributed by atoms with Crippen LogP contribution in [0.3, 0.4) is 0 Å². The van der Waals surface area contributed by atoms with E-state index in [2.05, 4.69) is 10.0 Å². The first-order valence-electron chi connectivity index (χ1n) is 7.17. The molecule has 1 aromatic carbocycles. The number of carbonyl (C=O) groups excluding carboxylic acids is 1.